The molecule has 1 aromatic heterocycles. The van der Waals surface area contributed by atoms with Crippen LogP contribution in [0.25, 0.3) is 5.69 Å². The van der Waals surface area contributed by atoms with Gasteiger partial charge in [-0.05, 0) is 43.3 Å². The van der Waals surface area contributed by atoms with Crippen LogP contribution >= 0.6 is 11.6 Å². The Kier molecular flexibility index (Phi) is 4.29. The van der Waals surface area contributed by atoms with Gasteiger partial charge >= 0.3 is 0 Å². The lowest BCUT2D eigenvalue weighted by molar-refractivity contribution is 0.414. The topological polar surface area (TPSA) is 74.1 Å². The number of ether oxygens (including phenoxy) is 1. The average molecular weight is 364 g/mol. The van der Waals surface area contributed by atoms with Crippen molar-refractivity contribution in [3.8, 4) is 11.4 Å². The minimum Gasteiger partial charge on any atom is -0.497 e. The maximum atomic E-state index is 12.8. The average Bonchev–Trinajstić information content (AvgIpc) is 2.97. The molecular formula is C16H14ClN3O3S. The van der Waals surface area contributed by atoms with E-state index < -0.39 is 9.84 Å². The van der Waals surface area contributed by atoms with Gasteiger partial charge < -0.3 is 4.74 Å². The Bertz CT molecular complexity index is 982. The summed E-state index contributed by atoms with van der Waals surface area (Å²) in [6, 6.07) is 13.1. The first-order valence-corrected chi connectivity index (χ1v) is 8.87. The zero-order chi connectivity index (χ0) is 17.3. The summed E-state index contributed by atoms with van der Waals surface area (Å²) in [5.41, 5.74) is 1.08. The highest BCUT2D eigenvalue weighted by Gasteiger charge is 2.25. The molecule has 0 aliphatic rings. The van der Waals surface area contributed by atoms with Gasteiger partial charge in [-0.15, -0.1) is 5.10 Å². The predicted molar refractivity (Wildman–Crippen MR) is 89.6 cm³/mol. The van der Waals surface area contributed by atoms with Crippen LogP contribution in [-0.4, -0.2) is 30.5 Å². The van der Waals surface area contributed by atoms with Crippen LogP contribution < -0.4 is 4.74 Å². The van der Waals surface area contributed by atoms with Crippen molar-refractivity contribution < 1.29 is 13.2 Å². The molecule has 0 aliphatic carbocycles. The van der Waals surface area contributed by atoms with E-state index in [0.717, 1.165) is 0 Å². The molecule has 0 N–H and O–H groups in total. The summed E-state index contributed by atoms with van der Waals surface area (Å²) in [6.45, 7) is 1.66. The number of hydrogen-bond donors (Lipinski definition) is 0. The first-order valence-electron chi connectivity index (χ1n) is 7.01. The highest BCUT2D eigenvalue weighted by atomic mass is 35.5. The van der Waals surface area contributed by atoms with Crippen LogP contribution in [0.1, 0.15) is 5.69 Å². The highest BCUT2D eigenvalue weighted by Crippen LogP contribution is 2.25. The summed E-state index contributed by atoms with van der Waals surface area (Å²) in [5.74, 6) is 0.643. The second-order valence-corrected chi connectivity index (χ2v) is 7.35. The number of nitrogens with zero attached hydrogens (tertiary/aromatic N) is 3. The van der Waals surface area contributed by atoms with Gasteiger partial charge in [-0.2, -0.15) is 0 Å². The summed E-state index contributed by atoms with van der Waals surface area (Å²) in [4.78, 5) is 0.118. The Morgan fingerprint density at radius 1 is 1.12 bits per heavy atom. The zero-order valence-corrected chi connectivity index (χ0v) is 14.5. The summed E-state index contributed by atoms with van der Waals surface area (Å²) in [7, 11) is -2.21. The SMILES string of the molecule is COc1cccc(-n2nnc(S(=O)(=O)c3ccc(Cl)cc3)c2C)c1. The van der Waals surface area contributed by atoms with Gasteiger partial charge in [0.05, 0.1) is 23.4 Å². The fraction of sp³-hybridized carbons (Fsp3) is 0.125. The van der Waals surface area contributed by atoms with Crippen molar-refractivity contribution in [1.82, 2.24) is 15.0 Å². The fourth-order valence-electron chi connectivity index (χ4n) is 2.28. The maximum absolute atomic E-state index is 12.8. The van der Waals surface area contributed by atoms with E-state index >= 15 is 0 Å². The first kappa shape index (κ1) is 16.5. The molecule has 2 aromatic carbocycles. The molecule has 24 heavy (non-hydrogen) atoms. The van der Waals surface area contributed by atoms with Gasteiger partial charge in [0.2, 0.25) is 14.9 Å². The molecule has 0 saturated heterocycles. The molecule has 0 unspecified atom stereocenters. The second-order valence-electron chi connectivity index (χ2n) is 5.05. The Hall–Kier alpha value is -2.38. The van der Waals surface area contributed by atoms with E-state index in [1.807, 2.05) is 0 Å². The zero-order valence-electron chi connectivity index (χ0n) is 13.0. The van der Waals surface area contributed by atoms with Crippen molar-refractivity contribution in [2.75, 3.05) is 7.11 Å². The Morgan fingerprint density at radius 2 is 1.83 bits per heavy atom. The van der Waals surface area contributed by atoms with Gasteiger partial charge in [0, 0.05) is 11.1 Å². The van der Waals surface area contributed by atoms with Crippen LogP contribution in [0.3, 0.4) is 0 Å². The van der Waals surface area contributed by atoms with Gasteiger partial charge in [-0.25, -0.2) is 13.1 Å². The summed E-state index contributed by atoms with van der Waals surface area (Å²) >= 11 is 5.81. The fourth-order valence-corrected chi connectivity index (χ4v) is 3.74. The van der Waals surface area contributed by atoms with Crippen molar-refractivity contribution in [3.63, 3.8) is 0 Å². The van der Waals surface area contributed by atoms with Crippen LogP contribution in [0.15, 0.2) is 58.5 Å². The lowest BCUT2D eigenvalue weighted by Crippen LogP contribution is -2.05. The lowest BCUT2D eigenvalue weighted by atomic mass is 10.3. The van der Waals surface area contributed by atoms with E-state index in [1.165, 1.54) is 28.9 Å². The van der Waals surface area contributed by atoms with Crippen molar-refractivity contribution in [2.24, 2.45) is 0 Å². The molecule has 124 valence electrons. The Labute approximate surface area is 144 Å². The van der Waals surface area contributed by atoms with Gasteiger partial charge in [0.25, 0.3) is 0 Å². The van der Waals surface area contributed by atoms with E-state index in [4.69, 9.17) is 16.3 Å². The first-order chi connectivity index (χ1) is 11.4. The minimum atomic E-state index is -3.77. The summed E-state index contributed by atoms with van der Waals surface area (Å²) in [5, 5.41) is 8.22. The van der Waals surface area contributed by atoms with E-state index in [1.54, 1.807) is 38.3 Å². The van der Waals surface area contributed by atoms with Crippen LogP contribution in [0.5, 0.6) is 5.75 Å². The third kappa shape index (κ3) is 2.88. The van der Waals surface area contributed by atoms with E-state index in [2.05, 4.69) is 10.3 Å². The molecule has 3 aromatic rings. The van der Waals surface area contributed by atoms with Crippen molar-refractivity contribution in [1.29, 1.82) is 0 Å². The standard InChI is InChI=1S/C16H14ClN3O3S/c1-11-16(24(21,22)15-8-6-12(17)7-9-15)18-19-20(11)13-4-3-5-14(10-13)23-2/h3-10H,1-2H3. The molecule has 0 radical (unpaired) electrons. The smallest absolute Gasteiger partial charge is 0.227 e. The van der Waals surface area contributed by atoms with Crippen LogP contribution in [0.4, 0.5) is 0 Å². The highest BCUT2D eigenvalue weighted by molar-refractivity contribution is 7.91. The van der Waals surface area contributed by atoms with E-state index in [0.29, 0.717) is 22.2 Å². The molecule has 3 rings (SSSR count). The third-order valence-corrected chi connectivity index (χ3v) is 5.56. The van der Waals surface area contributed by atoms with Crippen LogP contribution in [0.2, 0.25) is 5.02 Å². The third-order valence-electron chi connectivity index (χ3n) is 3.53. The largest absolute Gasteiger partial charge is 0.497 e. The van der Waals surface area contributed by atoms with Gasteiger partial charge in [0.1, 0.15) is 5.75 Å². The molecule has 0 atom stereocenters. The second kappa shape index (κ2) is 6.26. The van der Waals surface area contributed by atoms with E-state index in [9.17, 15) is 8.42 Å². The summed E-state index contributed by atoms with van der Waals surface area (Å²) in [6.07, 6.45) is 0. The lowest BCUT2D eigenvalue weighted by Gasteiger charge is -2.06. The predicted octanol–water partition coefficient (Wildman–Crippen LogP) is 3.07. The number of aromatic nitrogens is 3. The molecule has 0 amide bonds. The number of halogens is 1. The molecule has 0 saturated carbocycles. The van der Waals surface area contributed by atoms with Gasteiger partial charge in [-0.1, -0.05) is 22.9 Å². The Morgan fingerprint density at radius 3 is 2.50 bits per heavy atom. The molecular weight excluding hydrogens is 350 g/mol. The van der Waals surface area contributed by atoms with Crippen LogP contribution in [-0.2, 0) is 9.84 Å². The summed E-state index contributed by atoms with van der Waals surface area (Å²) < 4.78 is 32.1. The number of rotatable bonds is 4. The van der Waals surface area contributed by atoms with E-state index in [-0.39, 0.29) is 9.92 Å². The van der Waals surface area contributed by atoms with Gasteiger partial charge in [-0.3, -0.25) is 0 Å². The molecule has 1 heterocycles. The number of sulfone groups is 1. The van der Waals surface area contributed by atoms with Crippen molar-refractivity contribution >= 4 is 21.4 Å². The molecule has 0 aliphatic heterocycles. The molecule has 6 nitrogen and oxygen atoms in total. The maximum Gasteiger partial charge on any atom is 0.227 e. The van der Waals surface area contributed by atoms with Gasteiger partial charge in [0.15, 0.2) is 0 Å². The molecule has 0 spiro atoms. The number of benzene rings is 2. The minimum absolute atomic E-state index is 0.0901. The molecule has 8 heteroatoms. The monoisotopic (exact) mass is 363 g/mol. The number of methoxy groups -OCH3 is 1. The molecule has 0 fully saturated rings. The normalized spacial score (nSPS) is 11.5. The quantitative estimate of drug-likeness (QED) is 0.712. The van der Waals surface area contributed by atoms with Crippen molar-refractivity contribution in [3.05, 3.63) is 59.2 Å². The Balaban J connectivity index is 2.08. The van der Waals surface area contributed by atoms with Crippen LogP contribution in [0, 0.1) is 6.92 Å². The number of hydrogen-bond acceptors (Lipinski definition) is 5. The van der Waals surface area contributed by atoms with Crippen molar-refractivity contribution in [2.45, 2.75) is 16.8 Å². The molecule has 0 bridgehead atoms.